The molecule has 1 unspecified atom stereocenters. The highest BCUT2D eigenvalue weighted by atomic mass is 31.2. The van der Waals surface area contributed by atoms with Crippen LogP contribution in [-0.4, -0.2) is 17.1 Å². The fourth-order valence-corrected chi connectivity index (χ4v) is 1.37. The van der Waals surface area contributed by atoms with Crippen LogP contribution in [0.3, 0.4) is 0 Å². The molecule has 0 spiro atoms. The van der Waals surface area contributed by atoms with E-state index in [4.69, 9.17) is 10.00 Å². The molecule has 0 fully saturated rings. The van der Waals surface area contributed by atoms with Gasteiger partial charge in [-0.2, -0.15) is 0 Å². The molecule has 84 valence electrons. The van der Waals surface area contributed by atoms with E-state index in [9.17, 15) is 4.57 Å². The van der Waals surface area contributed by atoms with Gasteiger partial charge in [-0.05, 0) is 11.1 Å². The third-order valence-electron chi connectivity index (χ3n) is 1.83. The Morgan fingerprint density at radius 2 is 1.80 bits per heavy atom. The van der Waals surface area contributed by atoms with Gasteiger partial charge in [-0.25, -0.2) is 4.57 Å². The molecule has 1 aromatic rings. The lowest BCUT2D eigenvalue weighted by atomic mass is 10.1. The van der Waals surface area contributed by atoms with Gasteiger partial charge in [0.15, 0.2) is 0 Å². The maximum atomic E-state index is 11.0. The van der Waals surface area contributed by atoms with E-state index in [-0.39, 0.29) is 13.2 Å². The topological polar surface area (TPSA) is 76.0 Å². The number of phosphoric ester groups is 1. The summed E-state index contributed by atoms with van der Waals surface area (Å²) in [7, 11) is -2.80. The van der Waals surface area contributed by atoms with Crippen LogP contribution >= 0.6 is 7.82 Å². The summed E-state index contributed by atoms with van der Waals surface area (Å²) in [6.07, 6.45) is 0. The van der Waals surface area contributed by atoms with Crippen molar-refractivity contribution in [1.29, 1.82) is 0 Å². The zero-order valence-electron chi connectivity index (χ0n) is 8.29. The van der Waals surface area contributed by atoms with Crippen molar-refractivity contribution in [2.24, 2.45) is 0 Å². The van der Waals surface area contributed by atoms with Crippen LogP contribution in [0, 0.1) is 0 Å². The Bertz CT molecular complexity index is 348. The van der Waals surface area contributed by atoms with Gasteiger partial charge in [0.1, 0.15) is 0 Å². The number of phosphoric acid groups is 1. The standard InChI is InChI=1S/C9H13O5P/c1-13-15(11,12)14-7-9-4-2-8(6-10)3-5-9/h2-5,10H,6-7H2,1H3,(H,11,12). The van der Waals surface area contributed by atoms with E-state index in [1.807, 2.05) is 0 Å². The number of rotatable bonds is 5. The third kappa shape index (κ3) is 4.11. The molecule has 1 rings (SSSR count). The van der Waals surface area contributed by atoms with Gasteiger partial charge in [-0.1, -0.05) is 24.3 Å². The van der Waals surface area contributed by atoms with Crippen molar-refractivity contribution in [2.45, 2.75) is 13.2 Å². The van der Waals surface area contributed by atoms with Crippen molar-refractivity contribution in [1.82, 2.24) is 0 Å². The Labute approximate surface area is 87.9 Å². The van der Waals surface area contributed by atoms with Crippen LogP contribution in [0.2, 0.25) is 0 Å². The minimum Gasteiger partial charge on any atom is -0.392 e. The molecule has 0 aliphatic rings. The minimum atomic E-state index is -3.91. The Balaban J connectivity index is 2.55. The first-order valence-corrected chi connectivity index (χ1v) is 5.78. The quantitative estimate of drug-likeness (QED) is 0.751. The second kappa shape index (κ2) is 5.39. The monoisotopic (exact) mass is 232 g/mol. The molecular weight excluding hydrogens is 219 g/mol. The maximum Gasteiger partial charge on any atom is 0.472 e. The van der Waals surface area contributed by atoms with E-state index in [0.717, 1.165) is 18.2 Å². The van der Waals surface area contributed by atoms with Gasteiger partial charge in [0.05, 0.1) is 13.2 Å². The summed E-state index contributed by atoms with van der Waals surface area (Å²) >= 11 is 0. The lowest BCUT2D eigenvalue weighted by molar-refractivity contribution is 0.166. The van der Waals surface area contributed by atoms with Gasteiger partial charge in [-0.3, -0.25) is 9.05 Å². The molecule has 0 aliphatic carbocycles. The van der Waals surface area contributed by atoms with Crippen LogP contribution in [0.25, 0.3) is 0 Å². The molecule has 0 saturated heterocycles. The van der Waals surface area contributed by atoms with Crippen molar-refractivity contribution in [3.05, 3.63) is 35.4 Å². The summed E-state index contributed by atoms with van der Waals surface area (Å²) < 4.78 is 19.9. The highest BCUT2D eigenvalue weighted by Gasteiger charge is 2.17. The molecule has 1 aromatic carbocycles. The predicted molar refractivity (Wildman–Crippen MR) is 54.0 cm³/mol. The van der Waals surface area contributed by atoms with Crippen LogP contribution in [0.5, 0.6) is 0 Å². The van der Waals surface area contributed by atoms with Gasteiger partial charge < -0.3 is 10.00 Å². The molecule has 2 N–H and O–H groups in total. The van der Waals surface area contributed by atoms with Crippen LogP contribution in [-0.2, 0) is 26.8 Å². The number of aliphatic hydroxyl groups is 1. The summed E-state index contributed by atoms with van der Waals surface area (Å²) in [5.41, 5.74) is 1.51. The molecule has 0 radical (unpaired) electrons. The molecule has 0 saturated carbocycles. The van der Waals surface area contributed by atoms with Crippen molar-refractivity contribution < 1.29 is 23.6 Å². The van der Waals surface area contributed by atoms with Crippen molar-refractivity contribution in [2.75, 3.05) is 7.11 Å². The summed E-state index contributed by atoms with van der Waals surface area (Å²) in [5.74, 6) is 0. The Kier molecular flexibility index (Phi) is 4.45. The normalized spacial score (nSPS) is 14.9. The molecule has 6 heteroatoms. The molecule has 1 atom stereocenters. The summed E-state index contributed by atoms with van der Waals surface area (Å²) in [4.78, 5) is 8.96. The highest BCUT2D eigenvalue weighted by molar-refractivity contribution is 7.47. The van der Waals surface area contributed by atoms with Gasteiger partial charge in [0, 0.05) is 7.11 Å². The lowest BCUT2D eigenvalue weighted by Crippen LogP contribution is -1.93. The predicted octanol–water partition coefficient (Wildman–Crippen LogP) is 1.44. The summed E-state index contributed by atoms with van der Waals surface area (Å²) in [6.45, 7) is -0.0367. The second-order valence-corrected chi connectivity index (χ2v) is 4.46. The smallest absolute Gasteiger partial charge is 0.392 e. The minimum absolute atomic E-state index is 0.00662. The average molecular weight is 232 g/mol. The first-order valence-electron chi connectivity index (χ1n) is 4.29. The molecule has 0 aromatic heterocycles. The van der Waals surface area contributed by atoms with E-state index in [1.165, 1.54) is 0 Å². The molecule has 0 amide bonds. The molecule has 0 aliphatic heterocycles. The van der Waals surface area contributed by atoms with Crippen LogP contribution in [0.1, 0.15) is 11.1 Å². The van der Waals surface area contributed by atoms with E-state index in [1.54, 1.807) is 24.3 Å². The fraction of sp³-hybridized carbons (Fsp3) is 0.333. The van der Waals surface area contributed by atoms with E-state index >= 15 is 0 Å². The fourth-order valence-electron chi connectivity index (χ4n) is 0.950. The SMILES string of the molecule is COP(=O)(O)OCc1ccc(CO)cc1. The molecule has 5 nitrogen and oxygen atoms in total. The molecule has 0 heterocycles. The number of hydrogen-bond acceptors (Lipinski definition) is 4. The molecule has 15 heavy (non-hydrogen) atoms. The largest absolute Gasteiger partial charge is 0.472 e. The van der Waals surface area contributed by atoms with Crippen LogP contribution in [0.4, 0.5) is 0 Å². The van der Waals surface area contributed by atoms with Crippen LogP contribution in [0.15, 0.2) is 24.3 Å². The van der Waals surface area contributed by atoms with Crippen molar-refractivity contribution in [3.63, 3.8) is 0 Å². The third-order valence-corrected chi connectivity index (χ3v) is 2.75. The van der Waals surface area contributed by atoms with Crippen molar-refractivity contribution in [3.8, 4) is 0 Å². The Morgan fingerprint density at radius 3 is 2.27 bits per heavy atom. The zero-order valence-corrected chi connectivity index (χ0v) is 9.18. The Morgan fingerprint density at radius 1 is 1.27 bits per heavy atom. The number of aliphatic hydroxyl groups excluding tert-OH is 1. The Hall–Kier alpha value is -0.710. The van der Waals surface area contributed by atoms with Crippen molar-refractivity contribution >= 4 is 7.82 Å². The number of hydrogen-bond donors (Lipinski definition) is 2. The van der Waals surface area contributed by atoms with Crippen LogP contribution < -0.4 is 0 Å². The number of benzene rings is 1. The van der Waals surface area contributed by atoms with Gasteiger partial charge in [-0.15, -0.1) is 0 Å². The average Bonchev–Trinajstić information content (AvgIpc) is 2.27. The van der Waals surface area contributed by atoms with Gasteiger partial charge >= 0.3 is 7.82 Å². The molecular formula is C9H13O5P. The van der Waals surface area contributed by atoms with E-state index in [0.29, 0.717) is 0 Å². The first-order chi connectivity index (χ1) is 7.07. The molecule has 0 bridgehead atoms. The van der Waals surface area contributed by atoms with Gasteiger partial charge in [0.25, 0.3) is 0 Å². The maximum absolute atomic E-state index is 11.0. The van der Waals surface area contributed by atoms with Gasteiger partial charge in [0.2, 0.25) is 0 Å². The second-order valence-electron chi connectivity index (χ2n) is 2.90. The first kappa shape index (κ1) is 12.4. The van der Waals surface area contributed by atoms with E-state index in [2.05, 4.69) is 9.05 Å². The highest BCUT2D eigenvalue weighted by Crippen LogP contribution is 2.42. The summed E-state index contributed by atoms with van der Waals surface area (Å²) in [6, 6.07) is 6.85. The zero-order chi connectivity index (χ0) is 11.3. The summed E-state index contributed by atoms with van der Waals surface area (Å²) in [5, 5.41) is 8.79. The van der Waals surface area contributed by atoms with E-state index < -0.39 is 7.82 Å². The lowest BCUT2D eigenvalue weighted by Gasteiger charge is -2.09.